The molecule has 0 aliphatic carbocycles. The number of amides is 1. The van der Waals surface area contributed by atoms with Gasteiger partial charge in [0.1, 0.15) is 11.6 Å². The van der Waals surface area contributed by atoms with Gasteiger partial charge in [-0.3, -0.25) is 9.59 Å². The van der Waals surface area contributed by atoms with E-state index in [2.05, 4.69) is 10.1 Å². The average Bonchev–Trinajstić information content (AvgIpc) is 2.64. The first-order chi connectivity index (χ1) is 12.9. The van der Waals surface area contributed by atoms with Crippen molar-refractivity contribution < 1.29 is 23.5 Å². The number of carbonyl (C=O) groups is 2. The first-order valence-corrected chi connectivity index (χ1v) is 8.71. The highest BCUT2D eigenvalue weighted by Crippen LogP contribution is 2.22. The van der Waals surface area contributed by atoms with E-state index in [1.54, 1.807) is 0 Å². The number of hydrogen-bond donors (Lipinski definition) is 1. The van der Waals surface area contributed by atoms with Gasteiger partial charge in [0.05, 0.1) is 32.6 Å². The van der Waals surface area contributed by atoms with Crippen molar-refractivity contribution in [3.63, 3.8) is 0 Å². The van der Waals surface area contributed by atoms with Crippen LogP contribution in [0.1, 0.15) is 35.6 Å². The highest BCUT2D eigenvalue weighted by molar-refractivity contribution is 5.78. The maximum atomic E-state index is 13.1. The fourth-order valence-electron chi connectivity index (χ4n) is 2.74. The Hall–Kier alpha value is -2.89. The molecular weight excluding hydrogens is 349 g/mol. The van der Waals surface area contributed by atoms with E-state index in [4.69, 9.17) is 4.74 Å². The van der Waals surface area contributed by atoms with Gasteiger partial charge in [-0.2, -0.15) is 0 Å². The highest BCUT2D eigenvalue weighted by atomic mass is 19.1. The third-order valence-electron chi connectivity index (χ3n) is 4.19. The van der Waals surface area contributed by atoms with Crippen LogP contribution in [0.15, 0.2) is 42.5 Å². The molecule has 1 atom stereocenters. The fraction of sp³-hybridized carbons (Fsp3) is 0.333. The third-order valence-corrected chi connectivity index (χ3v) is 4.19. The lowest BCUT2D eigenvalue weighted by atomic mass is 10.0. The van der Waals surface area contributed by atoms with Gasteiger partial charge in [0.25, 0.3) is 0 Å². The monoisotopic (exact) mass is 373 g/mol. The van der Waals surface area contributed by atoms with Crippen molar-refractivity contribution in [3.05, 3.63) is 65.0 Å². The van der Waals surface area contributed by atoms with E-state index in [0.29, 0.717) is 5.56 Å². The molecule has 1 unspecified atom stereocenters. The van der Waals surface area contributed by atoms with E-state index in [0.717, 1.165) is 16.9 Å². The standard InChI is InChI=1S/C21H24FNO4/c1-14-5-4-6-15(2)21(14)27-12-11-19(24)23-18(13-20(25)26-3)16-7-9-17(22)10-8-16/h4-10,18H,11-13H2,1-3H3,(H,23,24). The summed E-state index contributed by atoms with van der Waals surface area (Å²) in [7, 11) is 1.28. The number of nitrogens with one attached hydrogen (secondary N) is 1. The van der Waals surface area contributed by atoms with Crippen molar-refractivity contribution in [1.82, 2.24) is 5.32 Å². The van der Waals surface area contributed by atoms with Crippen molar-refractivity contribution in [2.24, 2.45) is 0 Å². The van der Waals surface area contributed by atoms with E-state index in [1.165, 1.54) is 31.4 Å². The van der Waals surface area contributed by atoms with Crippen LogP contribution in [0.2, 0.25) is 0 Å². The molecule has 0 fully saturated rings. The largest absolute Gasteiger partial charge is 0.493 e. The molecule has 0 saturated heterocycles. The molecule has 0 heterocycles. The molecule has 0 aromatic heterocycles. The Morgan fingerprint density at radius 3 is 2.30 bits per heavy atom. The smallest absolute Gasteiger partial charge is 0.307 e. The summed E-state index contributed by atoms with van der Waals surface area (Å²) < 4.78 is 23.6. The molecule has 1 amide bonds. The summed E-state index contributed by atoms with van der Waals surface area (Å²) in [4.78, 5) is 24.0. The van der Waals surface area contributed by atoms with Crippen molar-refractivity contribution in [2.75, 3.05) is 13.7 Å². The Labute approximate surface area is 158 Å². The van der Waals surface area contributed by atoms with Gasteiger partial charge < -0.3 is 14.8 Å². The topological polar surface area (TPSA) is 64.6 Å². The molecule has 2 aromatic carbocycles. The summed E-state index contributed by atoms with van der Waals surface area (Å²) in [6, 6.07) is 10.9. The van der Waals surface area contributed by atoms with Crippen LogP contribution in [0.3, 0.4) is 0 Å². The minimum absolute atomic E-state index is 0.0361. The summed E-state index contributed by atoms with van der Waals surface area (Å²) in [5.41, 5.74) is 2.64. The van der Waals surface area contributed by atoms with Gasteiger partial charge in [0, 0.05) is 0 Å². The van der Waals surface area contributed by atoms with Crippen LogP contribution < -0.4 is 10.1 Å². The van der Waals surface area contributed by atoms with E-state index in [-0.39, 0.29) is 31.2 Å². The van der Waals surface area contributed by atoms with Crippen LogP contribution >= 0.6 is 0 Å². The zero-order valence-corrected chi connectivity index (χ0v) is 15.8. The number of ether oxygens (including phenoxy) is 2. The van der Waals surface area contributed by atoms with Crippen LogP contribution in [-0.2, 0) is 14.3 Å². The van der Waals surface area contributed by atoms with Crippen LogP contribution in [-0.4, -0.2) is 25.6 Å². The predicted octanol–water partition coefficient (Wildman–Crippen LogP) is 3.63. The predicted molar refractivity (Wildman–Crippen MR) is 99.9 cm³/mol. The van der Waals surface area contributed by atoms with Gasteiger partial charge in [-0.15, -0.1) is 0 Å². The molecule has 1 N–H and O–H groups in total. The van der Waals surface area contributed by atoms with Gasteiger partial charge >= 0.3 is 5.97 Å². The number of esters is 1. The normalized spacial score (nSPS) is 11.6. The lowest BCUT2D eigenvalue weighted by Crippen LogP contribution is -2.31. The molecule has 144 valence electrons. The second-order valence-corrected chi connectivity index (χ2v) is 6.27. The molecule has 27 heavy (non-hydrogen) atoms. The second-order valence-electron chi connectivity index (χ2n) is 6.27. The highest BCUT2D eigenvalue weighted by Gasteiger charge is 2.19. The van der Waals surface area contributed by atoms with Gasteiger partial charge in [-0.25, -0.2) is 4.39 Å². The SMILES string of the molecule is COC(=O)CC(NC(=O)CCOc1c(C)cccc1C)c1ccc(F)cc1. The Kier molecular flexibility index (Phi) is 7.34. The van der Waals surface area contributed by atoms with Crippen molar-refractivity contribution in [3.8, 4) is 5.75 Å². The minimum atomic E-state index is -0.592. The van der Waals surface area contributed by atoms with Crippen LogP contribution in [0.5, 0.6) is 5.75 Å². The van der Waals surface area contributed by atoms with Gasteiger partial charge in [0.15, 0.2) is 0 Å². The number of para-hydroxylation sites is 1. The molecule has 6 heteroatoms. The van der Waals surface area contributed by atoms with Crippen LogP contribution in [0.25, 0.3) is 0 Å². The minimum Gasteiger partial charge on any atom is -0.493 e. The van der Waals surface area contributed by atoms with Crippen LogP contribution in [0, 0.1) is 19.7 Å². The Balaban J connectivity index is 1.96. The number of benzene rings is 2. The maximum absolute atomic E-state index is 13.1. The summed E-state index contributed by atoms with van der Waals surface area (Å²) in [5.74, 6) is -0.338. The summed E-state index contributed by atoms with van der Waals surface area (Å²) in [6.07, 6.45) is 0.0955. The van der Waals surface area contributed by atoms with Crippen molar-refractivity contribution >= 4 is 11.9 Å². The first kappa shape index (κ1) is 20.4. The van der Waals surface area contributed by atoms with Crippen molar-refractivity contribution in [2.45, 2.75) is 32.7 Å². The molecule has 0 radical (unpaired) electrons. The number of halogens is 1. The summed E-state index contributed by atoms with van der Waals surface area (Å²) in [6.45, 7) is 4.11. The Bertz CT molecular complexity index is 769. The van der Waals surface area contributed by atoms with Crippen LogP contribution in [0.4, 0.5) is 4.39 Å². The van der Waals surface area contributed by atoms with E-state index < -0.39 is 12.0 Å². The molecule has 0 bridgehead atoms. The molecular formula is C21H24FNO4. The van der Waals surface area contributed by atoms with Crippen molar-refractivity contribution in [1.29, 1.82) is 0 Å². The number of aryl methyl sites for hydroxylation is 2. The number of carbonyl (C=O) groups excluding carboxylic acids is 2. The lowest BCUT2D eigenvalue weighted by Gasteiger charge is -2.19. The molecule has 0 aliphatic heterocycles. The second kappa shape index (κ2) is 9.71. The lowest BCUT2D eigenvalue weighted by molar-refractivity contribution is -0.141. The first-order valence-electron chi connectivity index (χ1n) is 8.71. The fourth-order valence-corrected chi connectivity index (χ4v) is 2.74. The Morgan fingerprint density at radius 1 is 1.07 bits per heavy atom. The molecule has 0 saturated carbocycles. The van der Waals surface area contributed by atoms with E-state index >= 15 is 0 Å². The quantitative estimate of drug-likeness (QED) is 0.718. The van der Waals surface area contributed by atoms with E-state index in [1.807, 2.05) is 32.0 Å². The van der Waals surface area contributed by atoms with Gasteiger partial charge in [-0.1, -0.05) is 30.3 Å². The Morgan fingerprint density at radius 2 is 1.70 bits per heavy atom. The number of rotatable bonds is 8. The van der Waals surface area contributed by atoms with E-state index in [9.17, 15) is 14.0 Å². The van der Waals surface area contributed by atoms with Gasteiger partial charge in [-0.05, 0) is 42.7 Å². The zero-order valence-electron chi connectivity index (χ0n) is 15.8. The zero-order chi connectivity index (χ0) is 19.8. The third kappa shape index (κ3) is 6.09. The molecule has 2 aromatic rings. The molecule has 5 nitrogen and oxygen atoms in total. The average molecular weight is 373 g/mol. The molecule has 0 aliphatic rings. The number of methoxy groups -OCH3 is 1. The number of hydrogen-bond acceptors (Lipinski definition) is 4. The molecule has 2 rings (SSSR count). The summed E-state index contributed by atoms with van der Waals surface area (Å²) in [5, 5.41) is 2.79. The maximum Gasteiger partial charge on any atom is 0.307 e. The molecule has 0 spiro atoms. The van der Waals surface area contributed by atoms with Gasteiger partial charge in [0.2, 0.25) is 5.91 Å². The summed E-state index contributed by atoms with van der Waals surface area (Å²) >= 11 is 0.